The highest BCUT2D eigenvalue weighted by molar-refractivity contribution is 5.34. The lowest BCUT2D eigenvalue weighted by Crippen LogP contribution is -2.47. The Morgan fingerprint density at radius 2 is 2.00 bits per heavy atom. The Bertz CT molecular complexity index is 482. The Morgan fingerprint density at radius 3 is 2.62 bits per heavy atom. The molecule has 1 N–H and O–H groups in total. The normalized spacial score (nSPS) is 28.1. The van der Waals surface area contributed by atoms with Gasteiger partial charge in [0.15, 0.2) is 0 Å². The van der Waals surface area contributed by atoms with Gasteiger partial charge in [-0.1, -0.05) is 6.92 Å². The fourth-order valence-corrected chi connectivity index (χ4v) is 3.91. The maximum atomic E-state index is 13.5. The van der Waals surface area contributed by atoms with E-state index in [1.54, 1.807) is 19.2 Å². The number of benzene rings is 1. The molecule has 3 nitrogen and oxygen atoms in total. The molecular formula is C17H25FN2O. The Labute approximate surface area is 126 Å². The first-order valence-corrected chi connectivity index (χ1v) is 8.02. The number of methoxy groups -OCH3 is 1. The van der Waals surface area contributed by atoms with Crippen LogP contribution in [-0.4, -0.2) is 36.7 Å². The van der Waals surface area contributed by atoms with Gasteiger partial charge in [-0.2, -0.15) is 0 Å². The predicted octanol–water partition coefficient (Wildman–Crippen LogP) is 2.94. The summed E-state index contributed by atoms with van der Waals surface area (Å²) in [5, 5.41) is 3.68. The van der Waals surface area contributed by atoms with E-state index >= 15 is 0 Å². The SMILES string of the molecule is CCN(Cc1cc(F)ccc1OC)C1CC2CCC(C1)N2. The fraction of sp³-hybridized carbons (Fsp3) is 0.647. The van der Waals surface area contributed by atoms with Gasteiger partial charge in [0, 0.05) is 30.2 Å². The van der Waals surface area contributed by atoms with Crippen LogP contribution in [0.3, 0.4) is 0 Å². The van der Waals surface area contributed by atoms with E-state index in [1.807, 2.05) is 0 Å². The van der Waals surface area contributed by atoms with Gasteiger partial charge in [0.05, 0.1) is 7.11 Å². The monoisotopic (exact) mass is 292 g/mol. The van der Waals surface area contributed by atoms with Crippen LogP contribution in [-0.2, 0) is 6.54 Å². The van der Waals surface area contributed by atoms with Crippen molar-refractivity contribution in [1.82, 2.24) is 10.2 Å². The van der Waals surface area contributed by atoms with Crippen molar-refractivity contribution in [3.05, 3.63) is 29.6 Å². The highest BCUT2D eigenvalue weighted by Crippen LogP contribution is 2.31. The van der Waals surface area contributed by atoms with Gasteiger partial charge in [0.1, 0.15) is 11.6 Å². The Kier molecular flexibility index (Phi) is 4.45. The predicted molar refractivity (Wildman–Crippen MR) is 82.0 cm³/mol. The Balaban J connectivity index is 1.74. The molecule has 2 aliphatic heterocycles. The third kappa shape index (κ3) is 3.22. The molecule has 0 saturated carbocycles. The van der Waals surface area contributed by atoms with Crippen LogP contribution in [0.2, 0.25) is 0 Å². The van der Waals surface area contributed by atoms with E-state index in [0.717, 1.165) is 24.4 Å². The van der Waals surface area contributed by atoms with Crippen LogP contribution in [0.5, 0.6) is 5.75 Å². The summed E-state index contributed by atoms with van der Waals surface area (Å²) >= 11 is 0. The van der Waals surface area contributed by atoms with Crippen molar-refractivity contribution < 1.29 is 9.13 Å². The van der Waals surface area contributed by atoms with Gasteiger partial charge >= 0.3 is 0 Å². The van der Waals surface area contributed by atoms with Crippen LogP contribution in [0, 0.1) is 5.82 Å². The van der Waals surface area contributed by atoms with E-state index in [9.17, 15) is 4.39 Å². The Hall–Kier alpha value is -1.13. The zero-order chi connectivity index (χ0) is 14.8. The van der Waals surface area contributed by atoms with Gasteiger partial charge in [0.2, 0.25) is 0 Å². The van der Waals surface area contributed by atoms with Gasteiger partial charge in [0.25, 0.3) is 0 Å². The van der Waals surface area contributed by atoms with E-state index in [0.29, 0.717) is 18.1 Å². The van der Waals surface area contributed by atoms with Crippen molar-refractivity contribution in [3.8, 4) is 5.75 Å². The van der Waals surface area contributed by atoms with Crippen LogP contribution in [0.25, 0.3) is 0 Å². The zero-order valence-electron chi connectivity index (χ0n) is 12.9. The van der Waals surface area contributed by atoms with E-state index in [2.05, 4.69) is 17.1 Å². The first-order valence-electron chi connectivity index (χ1n) is 8.02. The van der Waals surface area contributed by atoms with E-state index in [4.69, 9.17) is 4.74 Å². The molecule has 0 spiro atoms. The summed E-state index contributed by atoms with van der Waals surface area (Å²) < 4.78 is 18.9. The van der Waals surface area contributed by atoms with Gasteiger partial charge in [-0.15, -0.1) is 0 Å². The van der Waals surface area contributed by atoms with Crippen molar-refractivity contribution >= 4 is 0 Å². The second-order valence-corrected chi connectivity index (χ2v) is 6.28. The summed E-state index contributed by atoms with van der Waals surface area (Å²) in [4.78, 5) is 2.48. The number of ether oxygens (including phenoxy) is 1. The van der Waals surface area contributed by atoms with Crippen molar-refractivity contribution in [1.29, 1.82) is 0 Å². The molecule has 2 bridgehead atoms. The van der Waals surface area contributed by atoms with E-state index in [1.165, 1.54) is 31.7 Å². The third-order valence-electron chi connectivity index (χ3n) is 4.99. The number of nitrogens with one attached hydrogen (secondary N) is 1. The number of fused-ring (bicyclic) bond motifs is 2. The van der Waals surface area contributed by atoms with Crippen LogP contribution < -0.4 is 10.1 Å². The van der Waals surface area contributed by atoms with Gasteiger partial charge in [-0.05, 0) is 50.4 Å². The molecule has 2 atom stereocenters. The molecule has 21 heavy (non-hydrogen) atoms. The van der Waals surface area contributed by atoms with Crippen LogP contribution in [0.1, 0.15) is 38.2 Å². The molecule has 2 aliphatic rings. The van der Waals surface area contributed by atoms with Crippen molar-refractivity contribution in [2.75, 3.05) is 13.7 Å². The number of hydrogen-bond donors (Lipinski definition) is 1. The molecule has 2 heterocycles. The largest absolute Gasteiger partial charge is 0.496 e. The molecule has 0 amide bonds. The van der Waals surface area contributed by atoms with Crippen LogP contribution in [0.4, 0.5) is 4.39 Å². The minimum absolute atomic E-state index is 0.188. The maximum Gasteiger partial charge on any atom is 0.123 e. The molecule has 0 aromatic heterocycles. The summed E-state index contributed by atoms with van der Waals surface area (Å²) in [6.07, 6.45) is 5.04. The summed E-state index contributed by atoms with van der Waals surface area (Å²) in [6.45, 7) is 3.95. The van der Waals surface area contributed by atoms with E-state index in [-0.39, 0.29) is 5.82 Å². The second-order valence-electron chi connectivity index (χ2n) is 6.28. The molecule has 2 fully saturated rings. The van der Waals surface area contributed by atoms with Crippen LogP contribution in [0.15, 0.2) is 18.2 Å². The standard InChI is InChI=1S/C17H25FN2O/c1-3-20(16-9-14-5-6-15(10-16)19-14)11-12-8-13(18)4-7-17(12)21-2/h4,7-8,14-16,19H,3,5-6,9-11H2,1-2H3. The highest BCUT2D eigenvalue weighted by Gasteiger charge is 2.35. The molecular weight excluding hydrogens is 267 g/mol. The smallest absolute Gasteiger partial charge is 0.123 e. The summed E-state index contributed by atoms with van der Waals surface area (Å²) in [5.74, 6) is 0.596. The zero-order valence-corrected chi connectivity index (χ0v) is 12.9. The lowest BCUT2D eigenvalue weighted by molar-refractivity contribution is 0.139. The topological polar surface area (TPSA) is 24.5 Å². The summed E-state index contributed by atoms with van der Waals surface area (Å²) in [7, 11) is 1.65. The van der Waals surface area contributed by atoms with E-state index < -0.39 is 0 Å². The molecule has 0 radical (unpaired) electrons. The van der Waals surface area contributed by atoms with Gasteiger partial charge in [-0.25, -0.2) is 4.39 Å². The summed E-state index contributed by atoms with van der Waals surface area (Å²) in [5.41, 5.74) is 0.949. The number of rotatable bonds is 5. The van der Waals surface area contributed by atoms with Crippen LogP contribution >= 0.6 is 0 Å². The molecule has 116 valence electrons. The Morgan fingerprint density at radius 1 is 1.29 bits per heavy atom. The van der Waals surface area contributed by atoms with Crippen molar-refractivity contribution in [2.24, 2.45) is 0 Å². The average Bonchev–Trinajstić information content (AvgIpc) is 2.83. The van der Waals surface area contributed by atoms with Crippen molar-refractivity contribution in [3.63, 3.8) is 0 Å². The molecule has 1 aromatic carbocycles. The number of piperidine rings is 1. The number of nitrogens with zero attached hydrogens (tertiary/aromatic N) is 1. The van der Waals surface area contributed by atoms with Gasteiger partial charge in [-0.3, -0.25) is 4.90 Å². The molecule has 3 rings (SSSR count). The molecule has 0 aliphatic carbocycles. The average molecular weight is 292 g/mol. The minimum Gasteiger partial charge on any atom is -0.496 e. The lowest BCUT2D eigenvalue weighted by atomic mass is 9.97. The summed E-state index contributed by atoms with van der Waals surface area (Å²) in [6, 6.07) is 6.75. The van der Waals surface area contributed by atoms with Crippen molar-refractivity contribution in [2.45, 2.75) is 57.3 Å². The quantitative estimate of drug-likeness (QED) is 0.903. The first kappa shape index (κ1) is 14.8. The fourth-order valence-electron chi connectivity index (χ4n) is 3.91. The maximum absolute atomic E-state index is 13.5. The lowest BCUT2D eigenvalue weighted by Gasteiger charge is -2.37. The molecule has 2 unspecified atom stereocenters. The first-order chi connectivity index (χ1) is 10.2. The van der Waals surface area contributed by atoms with Gasteiger partial charge < -0.3 is 10.1 Å². The second kappa shape index (κ2) is 6.32. The number of halogens is 1. The number of hydrogen-bond acceptors (Lipinski definition) is 3. The molecule has 4 heteroatoms. The molecule has 2 saturated heterocycles. The minimum atomic E-state index is -0.188. The highest BCUT2D eigenvalue weighted by atomic mass is 19.1. The third-order valence-corrected chi connectivity index (χ3v) is 4.99. The molecule has 1 aromatic rings.